The largest absolute Gasteiger partial charge is 0.377 e. The Hall–Kier alpha value is -4.16. The number of carbonyl (C=O) groups excluding carboxylic acids is 2. The van der Waals surface area contributed by atoms with Gasteiger partial charge in [-0.3, -0.25) is 4.79 Å². The quantitative estimate of drug-likeness (QED) is 0.385. The first kappa shape index (κ1) is 30.4. The maximum absolute atomic E-state index is 13.9. The maximum Gasteiger partial charge on any atom is 0.319 e. The second-order valence-electron chi connectivity index (χ2n) is 9.49. The van der Waals surface area contributed by atoms with Gasteiger partial charge >= 0.3 is 6.03 Å². The van der Waals surface area contributed by atoms with Crippen LogP contribution in [0.15, 0.2) is 77.7 Å². The number of hydrogen-bond acceptors (Lipinski definition) is 3. The molecule has 6 nitrogen and oxygen atoms in total. The number of allylic oxidation sites excluding steroid dienone is 4. The van der Waals surface area contributed by atoms with Crippen LogP contribution in [0.25, 0.3) is 0 Å². The molecule has 0 atom stereocenters. The molecule has 2 aromatic carbocycles. The van der Waals surface area contributed by atoms with Crippen molar-refractivity contribution in [2.45, 2.75) is 52.5 Å². The summed E-state index contributed by atoms with van der Waals surface area (Å²) in [7, 11) is 3.71. The van der Waals surface area contributed by atoms with E-state index in [1.54, 1.807) is 12.1 Å². The molecule has 1 aliphatic heterocycles. The van der Waals surface area contributed by atoms with Crippen molar-refractivity contribution in [3.63, 3.8) is 0 Å². The van der Waals surface area contributed by atoms with Crippen molar-refractivity contribution in [1.82, 2.24) is 10.2 Å². The van der Waals surface area contributed by atoms with Gasteiger partial charge in [-0.05, 0) is 66.8 Å². The summed E-state index contributed by atoms with van der Waals surface area (Å²) in [6.45, 7) is 4.75. The molecule has 0 bridgehead atoms. The van der Waals surface area contributed by atoms with Crippen molar-refractivity contribution >= 4 is 23.3 Å². The van der Waals surface area contributed by atoms with Gasteiger partial charge in [0, 0.05) is 50.6 Å². The highest BCUT2D eigenvalue weighted by atomic mass is 19.1. The first-order valence-corrected chi connectivity index (χ1v) is 13.8. The van der Waals surface area contributed by atoms with Gasteiger partial charge in [0.05, 0.1) is 0 Å². The number of nitrogens with zero attached hydrogens (tertiary/aromatic N) is 2. The monoisotopic (exact) mass is 548 g/mol. The lowest BCUT2D eigenvalue weighted by molar-refractivity contribution is 0.0796. The van der Waals surface area contributed by atoms with Crippen LogP contribution in [-0.4, -0.2) is 37.5 Å². The highest BCUT2D eigenvalue weighted by molar-refractivity contribution is 5.97. The summed E-state index contributed by atoms with van der Waals surface area (Å²) < 4.78 is 27.7. The molecule has 4 rings (SSSR count). The zero-order valence-electron chi connectivity index (χ0n) is 23.7. The van der Waals surface area contributed by atoms with Gasteiger partial charge in [0.1, 0.15) is 17.3 Å². The van der Waals surface area contributed by atoms with Crippen molar-refractivity contribution < 1.29 is 18.4 Å². The number of rotatable bonds is 5. The molecule has 2 aromatic rings. The van der Waals surface area contributed by atoms with Gasteiger partial charge in [-0.25, -0.2) is 13.6 Å². The minimum atomic E-state index is -0.856. The molecule has 0 fully saturated rings. The molecule has 0 aromatic heterocycles. The molecule has 0 saturated carbocycles. The normalized spacial score (nSPS) is 17.2. The van der Waals surface area contributed by atoms with E-state index in [1.165, 1.54) is 6.07 Å². The number of halogens is 2. The molecule has 1 aliphatic carbocycles. The van der Waals surface area contributed by atoms with Crippen LogP contribution in [-0.2, 0) is 6.54 Å². The Balaban J connectivity index is 0.00000216. The number of carbonyl (C=O) groups is 2. The number of benzene rings is 2. The first-order chi connectivity index (χ1) is 19.3. The second kappa shape index (κ2) is 14.8. The molecular weight excluding hydrogens is 510 g/mol. The van der Waals surface area contributed by atoms with E-state index in [9.17, 15) is 18.4 Å². The van der Waals surface area contributed by atoms with Crippen LogP contribution >= 0.6 is 0 Å². The smallest absolute Gasteiger partial charge is 0.319 e. The molecule has 2 N–H and O–H groups in total. The fourth-order valence-corrected chi connectivity index (χ4v) is 4.66. The maximum atomic E-state index is 13.9. The Morgan fingerprint density at radius 1 is 1.05 bits per heavy atom. The Morgan fingerprint density at radius 3 is 2.52 bits per heavy atom. The molecule has 0 spiro atoms. The van der Waals surface area contributed by atoms with Crippen LogP contribution in [0.2, 0.25) is 0 Å². The average molecular weight is 549 g/mol. The van der Waals surface area contributed by atoms with Crippen LogP contribution in [0.5, 0.6) is 0 Å². The lowest BCUT2D eigenvalue weighted by atomic mass is 9.97. The van der Waals surface area contributed by atoms with Crippen LogP contribution in [0.4, 0.5) is 25.0 Å². The molecule has 8 heteroatoms. The third-order valence-corrected chi connectivity index (χ3v) is 6.62. The number of hydrogen-bond donors (Lipinski definition) is 2. The van der Waals surface area contributed by atoms with E-state index in [0.717, 1.165) is 60.3 Å². The van der Waals surface area contributed by atoms with Crippen LogP contribution in [0.3, 0.4) is 0 Å². The number of amides is 3. The summed E-state index contributed by atoms with van der Waals surface area (Å²) in [4.78, 5) is 29.9. The third kappa shape index (κ3) is 7.70. The van der Waals surface area contributed by atoms with E-state index in [-0.39, 0.29) is 12.5 Å². The van der Waals surface area contributed by atoms with E-state index in [0.29, 0.717) is 18.5 Å². The molecule has 212 valence electrons. The SMILES string of the molecule is CC.CN(C)c1cc(C(=O)N2CCCCC/C3=C\2C/C=C\C=C=C3)ccc1CNC(=O)Nc1c(F)cccc1F. The van der Waals surface area contributed by atoms with Gasteiger partial charge in [-0.2, -0.15) is 0 Å². The van der Waals surface area contributed by atoms with Crippen molar-refractivity contribution in [1.29, 1.82) is 0 Å². The number of nitrogens with one attached hydrogen (secondary N) is 2. The van der Waals surface area contributed by atoms with E-state index in [2.05, 4.69) is 22.4 Å². The van der Waals surface area contributed by atoms with Gasteiger partial charge < -0.3 is 20.4 Å². The number of urea groups is 1. The Bertz CT molecular complexity index is 1320. The lowest BCUT2D eigenvalue weighted by Crippen LogP contribution is -2.33. The van der Waals surface area contributed by atoms with E-state index in [1.807, 2.05) is 62.0 Å². The van der Waals surface area contributed by atoms with Crippen LogP contribution in [0.1, 0.15) is 61.9 Å². The summed E-state index contributed by atoms with van der Waals surface area (Å²) in [6, 6.07) is 8.01. The fraction of sp³-hybridized carbons (Fsp3) is 0.344. The summed E-state index contributed by atoms with van der Waals surface area (Å²) in [5, 5.41) is 4.86. The highest BCUT2D eigenvalue weighted by Crippen LogP contribution is 2.29. The van der Waals surface area contributed by atoms with E-state index >= 15 is 0 Å². The molecular formula is C32H38F2N4O2. The van der Waals surface area contributed by atoms with E-state index < -0.39 is 23.4 Å². The second-order valence-corrected chi connectivity index (χ2v) is 9.49. The first-order valence-electron chi connectivity index (χ1n) is 13.8. The zero-order valence-corrected chi connectivity index (χ0v) is 23.7. The summed E-state index contributed by atoms with van der Waals surface area (Å²) in [5.74, 6) is -1.78. The zero-order chi connectivity index (χ0) is 29.1. The van der Waals surface area contributed by atoms with Crippen molar-refractivity contribution in [3.05, 3.63) is 100 Å². The van der Waals surface area contributed by atoms with E-state index in [4.69, 9.17) is 0 Å². The van der Waals surface area contributed by atoms with Gasteiger partial charge in [0.15, 0.2) is 0 Å². The Labute approximate surface area is 235 Å². The average Bonchev–Trinajstić information content (AvgIpc) is 2.93. The highest BCUT2D eigenvalue weighted by Gasteiger charge is 2.24. The fourth-order valence-electron chi connectivity index (χ4n) is 4.66. The van der Waals surface area contributed by atoms with Crippen molar-refractivity contribution in [3.8, 4) is 0 Å². The molecule has 0 saturated heterocycles. The topological polar surface area (TPSA) is 64.7 Å². The van der Waals surface area contributed by atoms with Gasteiger partial charge in [-0.1, -0.05) is 44.6 Å². The standard InChI is InChI=1S/C30H32F2N4O2.C2H6/c1-35(2)27-19-22(16-17-23(27)20-33-30(38)34-28-24(31)13-10-14-25(28)32)29(37)36-18-9-5-7-12-21-11-6-3-4-8-15-26(21)36;1-2/h3-4,8,10-11,13-14,16-17,19H,5,7,9,12,15,18,20H2,1-2H3,(H2,33,34,38);1-2H3/b8-4-,26-21-;. The van der Waals surface area contributed by atoms with Crippen molar-refractivity contribution in [2.24, 2.45) is 0 Å². The van der Waals surface area contributed by atoms with Crippen LogP contribution in [0, 0.1) is 11.6 Å². The summed E-state index contributed by atoms with van der Waals surface area (Å²) in [6.07, 6.45) is 12.6. The number of anilines is 2. The molecule has 3 amide bonds. The number of para-hydroxylation sites is 1. The Kier molecular flexibility index (Phi) is 11.3. The van der Waals surface area contributed by atoms with Gasteiger partial charge in [0.25, 0.3) is 5.91 Å². The molecule has 0 radical (unpaired) electrons. The minimum Gasteiger partial charge on any atom is -0.377 e. The predicted molar refractivity (Wildman–Crippen MR) is 157 cm³/mol. The molecule has 1 heterocycles. The molecule has 40 heavy (non-hydrogen) atoms. The third-order valence-electron chi connectivity index (χ3n) is 6.62. The lowest BCUT2D eigenvalue weighted by Gasteiger charge is -2.30. The summed E-state index contributed by atoms with van der Waals surface area (Å²) >= 11 is 0. The van der Waals surface area contributed by atoms with Crippen LogP contribution < -0.4 is 15.5 Å². The minimum absolute atomic E-state index is 0.0684. The molecule has 0 unspecified atom stereocenters. The Morgan fingerprint density at radius 2 is 1.80 bits per heavy atom. The predicted octanol–water partition coefficient (Wildman–Crippen LogP) is 7.32. The van der Waals surface area contributed by atoms with Crippen molar-refractivity contribution in [2.75, 3.05) is 30.9 Å². The van der Waals surface area contributed by atoms with Gasteiger partial charge in [0.2, 0.25) is 0 Å². The van der Waals surface area contributed by atoms with Gasteiger partial charge in [-0.15, -0.1) is 5.73 Å². The molecule has 2 aliphatic rings. The summed E-state index contributed by atoms with van der Waals surface area (Å²) in [5.41, 5.74) is 6.91.